The molecule has 0 aliphatic carbocycles. The summed E-state index contributed by atoms with van der Waals surface area (Å²) in [7, 11) is 0. The number of fused-ring (bicyclic) bond motifs is 1. The molecule has 0 atom stereocenters. The number of benzene rings is 3. The topological polar surface area (TPSA) is 64.0 Å². The average molecular weight is 458 g/mol. The van der Waals surface area contributed by atoms with Crippen LogP contribution in [0, 0.1) is 5.92 Å². The molecule has 0 unspecified atom stereocenters. The van der Waals surface area contributed by atoms with Crippen molar-refractivity contribution in [1.82, 2.24) is 14.9 Å². The first-order chi connectivity index (χ1) is 16.0. The van der Waals surface area contributed by atoms with Crippen LogP contribution in [0.1, 0.15) is 35.3 Å². The summed E-state index contributed by atoms with van der Waals surface area (Å²) in [6.07, 6.45) is 0. The minimum Gasteiger partial charge on any atom is -0.352 e. The van der Waals surface area contributed by atoms with E-state index in [0.717, 1.165) is 11.1 Å². The molecule has 1 aromatic heterocycles. The first-order valence-electron chi connectivity index (χ1n) is 11.0. The van der Waals surface area contributed by atoms with Gasteiger partial charge >= 0.3 is 0 Å². The van der Waals surface area contributed by atoms with Gasteiger partial charge < -0.3 is 5.32 Å². The van der Waals surface area contributed by atoms with Crippen LogP contribution in [0.2, 0.25) is 0 Å². The van der Waals surface area contributed by atoms with Gasteiger partial charge in [-0.2, -0.15) is 0 Å². The van der Waals surface area contributed by atoms with Crippen LogP contribution in [-0.2, 0) is 12.3 Å². The highest BCUT2D eigenvalue weighted by molar-refractivity contribution is 7.98. The van der Waals surface area contributed by atoms with Crippen LogP contribution >= 0.6 is 11.8 Å². The van der Waals surface area contributed by atoms with Gasteiger partial charge in [0, 0.05) is 17.9 Å². The maximum atomic E-state index is 13.5. The lowest BCUT2D eigenvalue weighted by Gasteiger charge is -2.14. The van der Waals surface area contributed by atoms with Gasteiger partial charge in [0.05, 0.1) is 17.4 Å². The van der Waals surface area contributed by atoms with E-state index in [1.54, 1.807) is 22.8 Å². The quantitative estimate of drug-likeness (QED) is 0.295. The largest absolute Gasteiger partial charge is 0.352 e. The van der Waals surface area contributed by atoms with Crippen molar-refractivity contribution in [3.05, 3.63) is 106 Å². The molecule has 0 aliphatic rings. The number of hydrogen-bond donors (Lipinski definition) is 1. The predicted molar refractivity (Wildman–Crippen MR) is 135 cm³/mol. The maximum Gasteiger partial charge on any atom is 0.262 e. The molecule has 1 amide bonds. The fraction of sp³-hybridized carbons (Fsp3) is 0.222. The Bertz CT molecular complexity index is 1300. The van der Waals surface area contributed by atoms with Gasteiger partial charge in [-0.3, -0.25) is 14.2 Å². The predicted octanol–water partition coefficient (Wildman–Crippen LogP) is 5.12. The second-order valence-corrected chi connectivity index (χ2v) is 9.32. The molecule has 4 rings (SSSR count). The number of aromatic nitrogens is 2. The Morgan fingerprint density at radius 3 is 2.30 bits per heavy atom. The van der Waals surface area contributed by atoms with E-state index in [9.17, 15) is 9.59 Å². The van der Waals surface area contributed by atoms with Crippen molar-refractivity contribution < 1.29 is 4.79 Å². The van der Waals surface area contributed by atoms with Crippen LogP contribution in [0.15, 0.2) is 88.8 Å². The molecular formula is C27H27N3O2S. The first kappa shape index (κ1) is 22.8. The number of carbonyl (C=O) groups is 1. The number of rotatable bonds is 8. The van der Waals surface area contributed by atoms with Gasteiger partial charge in [-0.05, 0) is 35.2 Å². The molecule has 0 spiro atoms. The second-order valence-electron chi connectivity index (χ2n) is 8.38. The Hall–Kier alpha value is -3.38. The summed E-state index contributed by atoms with van der Waals surface area (Å²) >= 11 is 1.53. The molecule has 0 fully saturated rings. The Balaban J connectivity index is 1.73. The Labute approximate surface area is 197 Å². The first-order valence-corrected chi connectivity index (χ1v) is 12.0. The zero-order valence-corrected chi connectivity index (χ0v) is 19.6. The summed E-state index contributed by atoms with van der Waals surface area (Å²) in [6.45, 7) is 5.14. The summed E-state index contributed by atoms with van der Waals surface area (Å²) < 4.78 is 1.73. The van der Waals surface area contributed by atoms with Crippen molar-refractivity contribution in [2.24, 2.45) is 5.92 Å². The van der Waals surface area contributed by atoms with Crippen molar-refractivity contribution >= 4 is 28.6 Å². The number of nitrogens with zero attached hydrogens (tertiary/aromatic N) is 2. The highest BCUT2D eigenvalue weighted by Crippen LogP contribution is 2.23. The van der Waals surface area contributed by atoms with Gasteiger partial charge in [-0.25, -0.2) is 4.98 Å². The van der Waals surface area contributed by atoms with Gasteiger partial charge in [-0.1, -0.05) is 86.3 Å². The summed E-state index contributed by atoms with van der Waals surface area (Å²) in [5.74, 6) is 0.903. The Kier molecular flexibility index (Phi) is 7.25. The SMILES string of the molecule is CC(C)CNC(=O)c1ccc2c(=O)n(Cc3ccccc3)c(SCc3ccccc3)nc2c1. The van der Waals surface area contributed by atoms with Crippen LogP contribution in [0.4, 0.5) is 0 Å². The van der Waals surface area contributed by atoms with E-state index >= 15 is 0 Å². The molecule has 1 heterocycles. The fourth-order valence-electron chi connectivity index (χ4n) is 3.48. The van der Waals surface area contributed by atoms with E-state index in [2.05, 4.69) is 17.4 Å². The molecule has 5 nitrogen and oxygen atoms in total. The zero-order chi connectivity index (χ0) is 23.2. The van der Waals surface area contributed by atoms with Crippen LogP contribution in [0.3, 0.4) is 0 Å². The average Bonchev–Trinajstić information content (AvgIpc) is 2.84. The van der Waals surface area contributed by atoms with Crippen molar-refractivity contribution in [3.63, 3.8) is 0 Å². The molecule has 0 aliphatic heterocycles. The fourth-order valence-corrected chi connectivity index (χ4v) is 4.43. The summed E-state index contributed by atoms with van der Waals surface area (Å²) in [5, 5.41) is 4.08. The van der Waals surface area contributed by atoms with E-state index in [4.69, 9.17) is 4.98 Å². The molecule has 168 valence electrons. The highest BCUT2D eigenvalue weighted by atomic mass is 32.2. The molecule has 0 saturated heterocycles. The third kappa shape index (κ3) is 5.71. The molecule has 1 N–H and O–H groups in total. The van der Waals surface area contributed by atoms with Gasteiger partial charge in [-0.15, -0.1) is 0 Å². The molecule has 0 radical (unpaired) electrons. The van der Waals surface area contributed by atoms with Gasteiger partial charge in [0.1, 0.15) is 0 Å². The van der Waals surface area contributed by atoms with Crippen LogP contribution < -0.4 is 10.9 Å². The lowest BCUT2D eigenvalue weighted by Crippen LogP contribution is -2.28. The minimum absolute atomic E-state index is 0.103. The normalized spacial score (nSPS) is 11.1. The lowest BCUT2D eigenvalue weighted by molar-refractivity contribution is 0.0949. The number of amides is 1. The van der Waals surface area contributed by atoms with Crippen LogP contribution in [0.25, 0.3) is 10.9 Å². The van der Waals surface area contributed by atoms with E-state index in [0.29, 0.717) is 46.4 Å². The molecule has 0 bridgehead atoms. The van der Waals surface area contributed by atoms with Gasteiger partial charge in [0.15, 0.2) is 5.16 Å². The van der Waals surface area contributed by atoms with E-state index in [-0.39, 0.29) is 11.5 Å². The number of carbonyl (C=O) groups excluding carboxylic acids is 1. The number of nitrogens with one attached hydrogen (secondary N) is 1. The summed E-state index contributed by atoms with van der Waals surface area (Å²) in [4.78, 5) is 30.9. The number of hydrogen-bond acceptors (Lipinski definition) is 4. The van der Waals surface area contributed by atoms with E-state index in [1.807, 2.05) is 62.4 Å². The molecule has 4 aromatic rings. The zero-order valence-electron chi connectivity index (χ0n) is 18.8. The van der Waals surface area contributed by atoms with Crippen molar-refractivity contribution in [1.29, 1.82) is 0 Å². The number of thioether (sulfide) groups is 1. The monoisotopic (exact) mass is 457 g/mol. The van der Waals surface area contributed by atoms with E-state index < -0.39 is 0 Å². The third-order valence-electron chi connectivity index (χ3n) is 5.25. The van der Waals surface area contributed by atoms with Gasteiger partial charge in [0.25, 0.3) is 11.5 Å². The standard InChI is InChI=1S/C27H27N3O2S/c1-19(2)16-28-25(31)22-13-14-23-24(15-22)29-27(33-18-21-11-7-4-8-12-21)30(26(23)32)17-20-9-5-3-6-10-20/h3-15,19H,16-18H2,1-2H3,(H,28,31). The molecule has 6 heteroatoms. The van der Waals surface area contributed by atoms with E-state index in [1.165, 1.54) is 11.8 Å². The summed E-state index contributed by atoms with van der Waals surface area (Å²) in [5.41, 5.74) is 3.14. The maximum absolute atomic E-state index is 13.5. The van der Waals surface area contributed by atoms with Crippen molar-refractivity contribution in [2.75, 3.05) is 6.54 Å². The molecule has 0 saturated carbocycles. The minimum atomic E-state index is -0.153. The van der Waals surface area contributed by atoms with Gasteiger partial charge in [0.2, 0.25) is 0 Å². The molecule has 33 heavy (non-hydrogen) atoms. The molecular weight excluding hydrogens is 430 g/mol. The lowest BCUT2D eigenvalue weighted by atomic mass is 10.1. The van der Waals surface area contributed by atoms with Crippen LogP contribution in [0.5, 0.6) is 0 Å². The third-order valence-corrected chi connectivity index (χ3v) is 6.30. The Morgan fingerprint density at radius 1 is 0.970 bits per heavy atom. The summed E-state index contributed by atoms with van der Waals surface area (Å²) in [6, 6.07) is 25.1. The molecule has 3 aromatic carbocycles. The highest BCUT2D eigenvalue weighted by Gasteiger charge is 2.15. The Morgan fingerprint density at radius 2 is 1.64 bits per heavy atom. The van der Waals surface area contributed by atoms with Crippen molar-refractivity contribution in [2.45, 2.75) is 31.3 Å². The van der Waals surface area contributed by atoms with Crippen molar-refractivity contribution in [3.8, 4) is 0 Å². The second kappa shape index (κ2) is 10.5. The smallest absolute Gasteiger partial charge is 0.262 e. The van der Waals surface area contributed by atoms with Crippen LogP contribution in [-0.4, -0.2) is 22.0 Å².